The molecule has 3 aromatic rings. The lowest BCUT2D eigenvalue weighted by atomic mass is 9.84. The van der Waals surface area contributed by atoms with Gasteiger partial charge in [0.1, 0.15) is 6.04 Å². The lowest BCUT2D eigenvalue weighted by molar-refractivity contribution is -0.125. The first-order valence-corrected chi connectivity index (χ1v) is 12.5. The van der Waals surface area contributed by atoms with E-state index in [1.807, 2.05) is 53.4 Å². The molecular weight excluding hydrogens is 418 g/mol. The first-order valence-electron chi connectivity index (χ1n) is 11.7. The summed E-state index contributed by atoms with van der Waals surface area (Å²) in [5.74, 6) is 0.428. The van der Waals surface area contributed by atoms with E-state index in [1.54, 1.807) is 11.3 Å². The third-order valence-electron chi connectivity index (χ3n) is 6.85. The fourth-order valence-electron chi connectivity index (χ4n) is 5.31. The Labute approximate surface area is 192 Å². The minimum absolute atomic E-state index is 0.00498. The quantitative estimate of drug-likeness (QED) is 0.551. The number of nitrogens with one attached hydrogen (secondary N) is 1. The van der Waals surface area contributed by atoms with Gasteiger partial charge in [0.05, 0.1) is 15.2 Å². The second-order valence-electron chi connectivity index (χ2n) is 8.91. The summed E-state index contributed by atoms with van der Waals surface area (Å²) < 4.78 is 1.20. The standard InChI is InChI=1S/C26H29N3O2S/c30-25(27-16-8-15-24-28-20-12-5-7-14-23(20)32-24)22-17-19-11-4-6-13-21(19)29(22)26(31)18-9-2-1-3-10-18/h1-3,5,7,9-10,12,14,19,21-22H,4,6,8,11,13,15-17H2,(H,27,30)/t19-,21-,22-/m0/s1. The van der Waals surface area contributed by atoms with E-state index in [2.05, 4.69) is 16.4 Å². The van der Waals surface area contributed by atoms with Gasteiger partial charge in [0.15, 0.2) is 0 Å². The maximum Gasteiger partial charge on any atom is 0.254 e. The van der Waals surface area contributed by atoms with Crippen LogP contribution < -0.4 is 5.32 Å². The molecule has 1 saturated carbocycles. The molecular formula is C26H29N3O2S. The number of rotatable bonds is 6. The van der Waals surface area contributed by atoms with Gasteiger partial charge in [-0.2, -0.15) is 0 Å². The van der Waals surface area contributed by atoms with Crippen molar-refractivity contribution < 1.29 is 9.59 Å². The average Bonchev–Trinajstić information content (AvgIpc) is 3.43. The van der Waals surface area contributed by atoms with Gasteiger partial charge in [-0.3, -0.25) is 9.59 Å². The molecule has 5 nitrogen and oxygen atoms in total. The van der Waals surface area contributed by atoms with E-state index >= 15 is 0 Å². The molecule has 166 valence electrons. The third-order valence-corrected chi connectivity index (χ3v) is 7.95. The van der Waals surface area contributed by atoms with Gasteiger partial charge >= 0.3 is 0 Å². The second-order valence-corrected chi connectivity index (χ2v) is 10.0. The Hall–Kier alpha value is -2.73. The van der Waals surface area contributed by atoms with Crippen LogP contribution in [-0.4, -0.2) is 40.3 Å². The summed E-state index contributed by atoms with van der Waals surface area (Å²) in [5.41, 5.74) is 1.72. The minimum atomic E-state index is -0.363. The van der Waals surface area contributed by atoms with Crippen LogP contribution in [0.15, 0.2) is 54.6 Å². The number of carbonyl (C=O) groups is 2. The SMILES string of the molecule is O=C(NCCCc1nc2ccccc2s1)[C@@H]1C[C@@H]2CCCC[C@@H]2N1C(=O)c1ccccc1. The molecule has 3 atom stereocenters. The number of aryl methyl sites for hydroxylation is 1. The van der Waals surface area contributed by atoms with Crippen LogP contribution in [0.1, 0.15) is 53.9 Å². The molecule has 1 aromatic heterocycles. The fraction of sp³-hybridized carbons (Fsp3) is 0.423. The lowest BCUT2D eigenvalue weighted by Gasteiger charge is -2.33. The number of fused-ring (bicyclic) bond motifs is 2. The van der Waals surface area contributed by atoms with Gasteiger partial charge in [-0.05, 0) is 55.9 Å². The fourth-order valence-corrected chi connectivity index (χ4v) is 6.32. The summed E-state index contributed by atoms with van der Waals surface area (Å²) in [6, 6.07) is 17.4. The Morgan fingerprint density at radius 2 is 1.81 bits per heavy atom. The molecule has 6 heteroatoms. The van der Waals surface area contributed by atoms with E-state index in [4.69, 9.17) is 0 Å². The van der Waals surface area contributed by atoms with E-state index < -0.39 is 0 Å². The Morgan fingerprint density at radius 3 is 2.66 bits per heavy atom. The lowest BCUT2D eigenvalue weighted by Crippen LogP contribution is -2.49. The molecule has 2 fully saturated rings. The number of carbonyl (C=O) groups excluding carboxylic acids is 2. The molecule has 2 heterocycles. The van der Waals surface area contributed by atoms with Crippen LogP contribution in [0.3, 0.4) is 0 Å². The number of thiazole rings is 1. The van der Waals surface area contributed by atoms with Crippen LogP contribution >= 0.6 is 11.3 Å². The van der Waals surface area contributed by atoms with Crippen molar-refractivity contribution in [3.63, 3.8) is 0 Å². The Morgan fingerprint density at radius 1 is 1.03 bits per heavy atom. The maximum absolute atomic E-state index is 13.4. The van der Waals surface area contributed by atoms with E-state index in [1.165, 1.54) is 11.1 Å². The van der Waals surface area contributed by atoms with E-state index in [0.29, 0.717) is 18.0 Å². The molecule has 0 unspecified atom stereocenters. The molecule has 32 heavy (non-hydrogen) atoms. The predicted molar refractivity (Wildman–Crippen MR) is 128 cm³/mol. The molecule has 2 amide bonds. The van der Waals surface area contributed by atoms with Gasteiger partial charge in [-0.15, -0.1) is 11.3 Å². The zero-order valence-corrected chi connectivity index (χ0v) is 19.0. The molecule has 0 radical (unpaired) electrons. The first kappa shape index (κ1) is 21.1. The summed E-state index contributed by atoms with van der Waals surface area (Å²) in [6.45, 7) is 0.605. The second kappa shape index (κ2) is 9.41. The van der Waals surface area contributed by atoms with Gasteiger partial charge in [0, 0.05) is 24.6 Å². The molecule has 1 aliphatic carbocycles. The van der Waals surface area contributed by atoms with Crippen molar-refractivity contribution >= 4 is 33.4 Å². The van der Waals surface area contributed by atoms with E-state index in [9.17, 15) is 9.59 Å². The van der Waals surface area contributed by atoms with Crippen LogP contribution in [0.5, 0.6) is 0 Å². The zero-order chi connectivity index (χ0) is 21.9. The van der Waals surface area contributed by atoms with Crippen LogP contribution in [0, 0.1) is 5.92 Å². The van der Waals surface area contributed by atoms with Crippen molar-refractivity contribution in [3.8, 4) is 0 Å². The van der Waals surface area contributed by atoms with Crippen molar-refractivity contribution in [2.45, 2.75) is 57.0 Å². The predicted octanol–water partition coefficient (Wildman–Crippen LogP) is 4.82. The van der Waals surface area contributed by atoms with Gasteiger partial charge < -0.3 is 10.2 Å². The monoisotopic (exact) mass is 447 g/mol. The van der Waals surface area contributed by atoms with Crippen molar-refractivity contribution in [1.29, 1.82) is 0 Å². The Balaban J connectivity index is 1.22. The van der Waals surface area contributed by atoms with Gasteiger partial charge in [0.2, 0.25) is 5.91 Å². The topological polar surface area (TPSA) is 62.3 Å². The molecule has 1 N–H and O–H groups in total. The molecule has 2 aliphatic rings. The number of para-hydroxylation sites is 1. The van der Waals surface area contributed by atoms with E-state index in [0.717, 1.165) is 49.0 Å². The highest BCUT2D eigenvalue weighted by molar-refractivity contribution is 7.18. The van der Waals surface area contributed by atoms with Crippen LogP contribution in [0.2, 0.25) is 0 Å². The van der Waals surface area contributed by atoms with Gasteiger partial charge in [0.25, 0.3) is 5.91 Å². The van der Waals surface area contributed by atoms with Crippen molar-refractivity contribution in [2.75, 3.05) is 6.54 Å². The van der Waals surface area contributed by atoms with Crippen molar-refractivity contribution in [3.05, 3.63) is 65.2 Å². The number of hydrogen-bond acceptors (Lipinski definition) is 4. The molecule has 0 spiro atoms. The van der Waals surface area contributed by atoms with Crippen LogP contribution in [0.25, 0.3) is 10.2 Å². The molecule has 1 saturated heterocycles. The molecule has 5 rings (SSSR count). The van der Waals surface area contributed by atoms with Crippen molar-refractivity contribution in [2.24, 2.45) is 5.92 Å². The number of nitrogens with zero attached hydrogens (tertiary/aromatic N) is 2. The summed E-state index contributed by atoms with van der Waals surface area (Å²) in [6.07, 6.45) is 6.93. The minimum Gasteiger partial charge on any atom is -0.354 e. The summed E-state index contributed by atoms with van der Waals surface area (Å²) in [4.78, 5) is 33.1. The number of benzene rings is 2. The Bertz CT molecular complexity index is 1060. The average molecular weight is 448 g/mol. The third kappa shape index (κ3) is 4.29. The van der Waals surface area contributed by atoms with Crippen LogP contribution in [-0.2, 0) is 11.2 Å². The summed E-state index contributed by atoms with van der Waals surface area (Å²) in [7, 11) is 0. The summed E-state index contributed by atoms with van der Waals surface area (Å²) in [5, 5.41) is 4.22. The van der Waals surface area contributed by atoms with Crippen LogP contribution in [0.4, 0.5) is 0 Å². The maximum atomic E-state index is 13.4. The highest BCUT2D eigenvalue weighted by Gasteiger charge is 2.47. The Kier molecular flexibility index (Phi) is 6.21. The molecule has 0 bridgehead atoms. The number of amides is 2. The number of aromatic nitrogens is 1. The van der Waals surface area contributed by atoms with E-state index in [-0.39, 0.29) is 23.9 Å². The smallest absolute Gasteiger partial charge is 0.254 e. The number of hydrogen-bond donors (Lipinski definition) is 1. The van der Waals surface area contributed by atoms with Gasteiger partial charge in [-0.1, -0.05) is 43.2 Å². The first-order chi connectivity index (χ1) is 15.7. The zero-order valence-electron chi connectivity index (χ0n) is 18.2. The van der Waals surface area contributed by atoms with Gasteiger partial charge in [-0.25, -0.2) is 4.98 Å². The highest BCUT2D eigenvalue weighted by Crippen LogP contribution is 2.40. The largest absolute Gasteiger partial charge is 0.354 e. The highest BCUT2D eigenvalue weighted by atomic mass is 32.1. The normalized spacial score (nSPS) is 22.6. The van der Waals surface area contributed by atoms with Crippen molar-refractivity contribution in [1.82, 2.24) is 15.2 Å². The molecule has 2 aromatic carbocycles. The summed E-state index contributed by atoms with van der Waals surface area (Å²) >= 11 is 1.72. The molecule has 1 aliphatic heterocycles. The number of likely N-dealkylation sites (tertiary alicyclic amines) is 1.